The lowest BCUT2D eigenvalue weighted by atomic mass is 10.1. The van der Waals surface area contributed by atoms with Crippen molar-refractivity contribution in [3.05, 3.63) is 59.9 Å². The number of piperazine rings is 1. The fourth-order valence-electron chi connectivity index (χ4n) is 5.03. The molecule has 2 aliphatic heterocycles. The van der Waals surface area contributed by atoms with E-state index in [4.69, 9.17) is 16.3 Å². The van der Waals surface area contributed by atoms with Crippen molar-refractivity contribution >= 4 is 67.6 Å². The average Bonchev–Trinajstić information content (AvgIpc) is 3.39. The topological polar surface area (TPSA) is 129 Å². The van der Waals surface area contributed by atoms with E-state index in [2.05, 4.69) is 10.6 Å². The highest BCUT2D eigenvalue weighted by Gasteiger charge is 2.41. The molecule has 43 heavy (non-hydrogen) atoms. The number of pyridine rings is 1. The molecule has 0 radical (unpaired) electrons. The number of amides is 2. The first kappa shape index (κ1) is 33.2. The summed E-state index contributed by atoms with van der Waals surface area (Å²) in [5, 5.41) is 7.21. The quantitative estimate of drug-likeness (QED) is 0.173. The van der Waals surface area contributed by atoms with E-state index in [9.17, 15) is 22.8 Å². The van der Waals surface area contributed by atoms with Crippen molar-refractivity contribution in [2.75, 3.05) is 38.1 Å². The third-order valence-corrected chi connectivity index (χ3v) is 10.3. The highest BCUT2D eigenvalue weighted by molar-refractivity contribution is 8.01. The van der Waals surface area contributed by atoms with E-state index in [1.54, 1.807) is 42.2 Å². The molecule has 2 N–H and O–H groups in total. The van der Waals surface area contributed by atoms with Crippen LogP contribution in [0.4, 0.5) is 5.69 Å². The van der Waals surface area contributed by atoms with Gasteiger partial charge >= 0.3 is 5.97 Å². The SMILES string of the molecule is CCOC(=O)CNC(=O)CC1CN(S(=O)(=O)c2ccc3cc(Cl)ccc3c2)CCN1C(=O)C1Nc2cc[n+](C)cc2S1.[I-]. The Morgan fingerprint density at radius 2 is 1.88 bits per heavy atom. The zero-order valence-electron chi connectivity index (χ0n) is 23.5. The lowest BCUT2D eigenvalue weighted by Crippen LogP contribution is -3.00. The molecular weight excluding hydrogens is 729 g/mol. The number of fused-ring (bicyclic) bond motifs is 2. The third kappa shape index (κ3) is 7.53. The predicted octanol–water partition coefficient (Wildman–Crippen LogP) is -0.863. The van der Waals surface area contributed by atoms with Gasteiger partial charge in [0.25, 0.3) is 5.91 Å². The summed E-state index contributed by atoms with van der Waals surface area (Å²) in [7, 11) is -2.05. The maximum atomic E-state index is 13.7. The molecular formula is C28H31ClIN5O6S2. The van der Waals surface area contributed by atoms with Crippen LogP contribution in [0.25, 0.3) is 10.8 Å². The van der Waals surface area contributed by atoms with Gasteiger partial charge in [0, 0.05) is 37.1 Å². The Balaban J connectivity index is 0.00000423. The van der Waals surface area contributed by atoms with E-state index >= 15 is 0 Å². The number of halogens is 2. The molecule has 2 unspecified atom stereocenters. The van der Waals surface area contributed by atoms with Crippen molar-refractivity contribution in [3.63, 3.8) is 0 Å². The summed E-state index contributed by atoms with van der Waals surface area (Å²) in [6.45, 7) is 1.60. The average molecular weight is 760 g/mol. The fraction of sp³-hybridized carbons (Fsp3) is 0.357. The summed E-state index contributed by atoms with van der Waals surface area (Å²) in [5.41, 5.74) is 0.832. The molecule has 1 aromatic heterocycles. The Hall–Kier alpha value is -2.66. The first-order chi connectivity index (χ1) is 20.0. The van der Waals surface area contributed by atoms with Crippen molar-refractivity contribution in [2.24, 2.45) is 7.05 Å². The van der Waals surface area contributed by atoms with Crippen LogP contribution < -0.4 is 39.2 Å². The van der Waals surface area contributed by atoms with Crippen molar-refractivity contribution in [2.45, 2.75) is 34.6 Å². The van der Waals surface area contributed by atoms with Gasteiger partial charge in [0.1, 0.15) is 13.6 Å². The standard InChI is InChI=1S/C28H30ClN5O6S2.HI/c1-3-40-26(36)15-30-25(35)14-21-16-33(42(38,39)22-7-5-18-12-20(29)6-4-19(18)13-22)10-11-34(21)28(37)27-31-23-8-9-32(2)17-24(23)41-27;/h4-9,12-13,17,21,27H,3,10-11,14-16H2,1-2H3,(H,30,35);1H. The van der Waals surface area contributed by atoms with Crippen molar-refractivity contribution in [3.8, 4) is 0 Å². The minimum atomic E-state index is -3.95. The van der Waals surface area contributed by atoms with Crippen LogP contribution >= 0.6 is 23.4 Å². The Kier molecular flexibility index (Phi) is 10.8. The molecule has 5 rings (SSSR count). The number of rotatable bonds is 8. The van der Waals surface area contributed by atoms with Crippen molar-refractivity contribution in [1.82, 2.24) is 14.5 Å². The summed E-state index contributed by atoms with van der Waals surface area (Å²) in [6, 6.07) is 11.2. The highest BCUT2D eigenvalue weighted by atomic mass is 127. The van der Waals surface area contributed by atoms with Gasteiger partial charge in [-0.2, -0.15) is 4.31 Å². The smallest absolute Gasteiger partial charge is 0.325 e. The van der Waals surface area contributed by atoms with Crippen LogP contribution in [0.15, 0.2) is 64.6 Å². The molecule has 1 fully saturated rings. The Labute approximate surface area is 276 Å². The molecule has 3 heterocycles. The highest BCUT2D eigenvalue weighted by Crippen LogP contribution is 2.38. The van der Waals surface area contributed by atoms with E-state index in [-0.39, 0.29) is 74.0 Å². The number of carbonyl (C=O) groups excluding carboxylic acids is 3. The van der Waals surface area contributed by atoms with E-state index in [1.165, 1.54) is 22.1 Å². The lowest BCUT2D eigenvalue weighted by Gasteiger charge is -2.41. The van der Waals surface area contributed by atoms with Gasteiger partial charge in [-0.25, -0.2) is 13.0 Å². The minimum absolute atomic E-state index is 0. The number of esters is 1. The molecule has 1 saturated heterocycles. The molecule has 2 amide bonds. The number of benzene rings is 2. The van der Waals surface area contributed by atoms with Gasteiger partial charge in [-0.05, 0) is 42.0 Å². The van der Waals surface area contributed by atoms with Crippen LogP contribution in [0.5, 0.6) is 0 Å². The van der Waals surface area contributed by atoms with Crippen molar-refractivity contribution < 1.29 is 56.1 Å². The van der Waals surface area contributed by atoms with Crippen LogP contribution in [0.2, 0.25) is 5.02 Å². The minimum Gasteiger partial charge on any atom is -1.00 e. The number of anilines is 1. The number of nitrogens with one attached hydrogen (secondary N) is 2. The molecule has 3 aromatic rings. The number of thioether (sulfide) groups is 1. The van der Waals surface area contributed by atoms with Gasteiger partial charge in [-0.15, -0.1) is 0 Å². The zero-order chi connectivity index (χ0) is 30.0. The maximum Gasteiger partial charge on any atom is 0.325 e. The number of nitrogens with zero attached hydrogens (tertiary/aromatic N) is 3. The molecule has 2 aromatic carbocycles. The number of aryl methyl sites for hydroxylation is 1. The summed E-state index contributed by atoms with van der Waals surface area (Å²) in [5.74, 6) is -1.32. The molecule has 0 bridgehead atoms. The van der Waals surface area contributed by atoms with E-state index < -0.39 is 33.3 Å². The molecule has 0 spiro atoms. The molecule has 15 heteroatoms. The Morgan fingerprint density at radius 3 is 2.65 bits per heavy atom. The second-order valence-corrected chi connectivity index (χ2v) is 13.5. The first-order valence-corrected chi connectivity index (χ1v) is 16.1. The number of hydrogen-bond acceptors (Lipinski definition) is 8. The normalized spacial score (nSPS) is 18.3. The summed E-state index contributed by atoms with van der Waals surface area (Å²) in [6.07, 6.45) is 3.61. The van der Waals surface area contributed by atoms with E-state index in [0.717, 1.165) is 21.4 Å². The lowest BCUT2D eigenvalue weighted by molar-refractivity contribution is -0.673. The van der Waals surface area contributed by atoms with Crippen LogP contribution in [-0.4, -0.2) is 79.6 Å². The molecule has 0 aliphatic carbocycles. The van der Waals surface area contributed by atoms with Gasteiger partial charge in [-0.1, -0.05) is 35.5 Å². The second kappa shape index (κ2) is 14.0. The van der Waals surface area contributed by atoms with Gasteiger partial charge in [0.2, 0.25) is 15.9 Å². The summed E-state index contributed by atoms with van der Waals surface area (Å²) < 4.78 is 35.6. The first-order valence-electron chi connectivity index (χ1n) is 13.4. The van der Waals surface area contributed by atoms with Gasteiger partial charge < -0.3 is 44.2 Å². The van der Waals surface area contributed by atoms with Crippen LogP contribution in [-0.2, 0) is 36.2 Å². The van der Waals surface area contributed by atoms with E-state index in [1.807, 2.05) is 30.1 Å². The number of ether oxygens (including phenoxy) is 1. The summed E-state index contributed by atoms with van der Waals surface area (Å²) in [4.78, 5) is 41.0. The van der Waals surface area contributed by atoms with Gasteiger partial charge in [0.05, 0.1) is 28.1 Å². The van der Waals surface area contributed by atoms with Crippen LogP contribution in [0, 0.1) is 0 Å². The Morgan fingerprint density at radius 1 is 1.14 bits per heavy atom. The van der Waals surface area contributed by atoms with E-state index in [0.29, 0.717) is 5.02 Å². The maximum absolute atomic E-state index is 13.7. The van der Waals surface area contributed by atoms with Crippen LogP contribution in [0.1, 0.15) is 13.3 Å². The molecule has 11 nitrogen and oxygen atoms in total. The number of sulfonamides is 1. The molecule has 2 aliphatic rings. The molecule has 230 valence electrons. The number of hydrogen-bond donors (Lipinski definition) is 2. The van der Waals surface area contributed by atoms with Gasteiger partial charge in [0.15, 0.2) is 17.8 Å². The van der Waals surface area contributed by atoms with Crippen molar-refractivity contribution in [1.29, 1.82) is 0 Å². The largest absolute Gasteiger partial charge is 1.00 e. The summed E-state index contributed by atoms with van der Waals surface area (Å²) >= 11 is 7.45. The predicted molar refractivity (Wildman–Crippen MR) is 158 cm³/mol. The Bertz CT molecular complexity index is 1660. The second-order valence-electron chi connectivity index (χ2n) is 10.0. The number of carbonyl (C=O) groups is 3. The monoisotopic (exact) mass is 759 g/mol. The molecule has 0 saturated carbocycles. The fourth-order valence-corrected chi connectivity index (χ4v) is 7.87. The number of aromatic nitrogens is 1. The third-order valence-electron chi connectivity index (χ3n) is 7.11. The zero-order valence-corrected chi connectivity index (χ0v) is 28.0. The van der Waals surface area contributed by atoms with Crippen LogP contribution in [0.3, 0.4) is 0 Å². The molecule has 2 atom stereocenters. The van der Waals surface area contributed by atoms with Gasteiger partial charge in [-0.3, -0.25) is 14.4 Å².